The summed E-state index contributed by atoms with van der Waals surface area (Å²) >= 11 is 0. The molecule has 0 spiro atoms. The number of hydrogen-bond acceptors (Lipinski definition) is 2. The third kappa shape index (κ3) is 2.10. The maximum Gasteiger partial charge on any atom is 0.0760 e. The first-order valence-electron chi connectivity index (χ1n) is 7.89. The van der Waals surface area contributed by atoms with E-state index in [2.05, 4.69) is 42.5 Å². The van der Waals surface area contributed by atoms with Crippen molar-refractivity contribution in [1.82, 2.24) is 0 Å². The summed E-state index contributed by atoms with van der Waals surface area (Å²) in [6.07, 6.45) is 4.04. The molecule has 1 saturated carbocycles. The Labute approximate surface area is 125 Å². The van der Waals surface area contributed by atoms with E-state index in [1.54, 1.807) is 0 Å². The van der Waals surface area contributed by atoms with Gasteiger partial charge in [0.25, 0.3) is 0 Å². The minimum atomic E-state index is -0.402. The van der Waals surface area contributed by atoms with E-state index >= 15 is 0 Å². The molecule has 0 amide bonds. The van der Waals surface area contributed by atoms with Gasteiger partial charge < -0.3 is 10.8 Å². The predicted molar refractivity (Wildman–Crippen MR) is 85.0 cm³/mol. The highest BCUT2D eigenvalue weighted by Gasteiger charge is 2.31. The van der Waals surface area contributed by atoms with Crippen LogP contribution in [0.1, 0.15) is 42.0 Å². The van der Waals surface area contributed by atoms with Gasteiger partial charge in [-0.15, -0.1) is 0 Å². The van der Waals surface area contributed by atoms with Crippen molar-refractivity contribution in [1.29, 1.82) is 0 Å². The zero-order chi connectivity index (χ0) is 14.4. The van der Waals surface area contributed by atoms with Crippen LogP contribution in [0.3, 0.4) is 0 Å². The van der Waals surface area contributed by atoms with E-state index in [9.17, 15) is 5.11 Å². The monoisotopic (exact) mass is 279 g/mol. The number of benzene rings is 2. The summed E-state index contributed by atoms with van der Waals surface area (Å²) in [4.78, 5) is 0. The number of nitrogens with two attached hydrogens (primary N) is 1. The maximum atomic E-state index is 10.4. The predicted octanol–water partition coefficient (Wildman–Crippen LogP) is 3.42. The molecule has 2 atom stereocenters. The lowest BCUT2D eigenvalue weighted by Crippen LogP contribution is -2.36. The van der Waals surface area contributed by atoms with Crippen LogP contribution in [0, 0.1) is 5.92 Å². The van der Waals surface area contributed by atoms with Crippen molar-refractivity contribution in [2.24, 2.45) is 11.7 Å². The first-order valence-corrected chi connectivity index (χ1v) is 7.89. The first kappa shape index (κ1) is 13.1. The van der Waals surface area contributed by atoms with Crippen molar-refractivity contribution in [2.45, 2.75) is 37.8 Å². The second kappa shape index (κ2) is 4.97. The number of hydrogen-bond donors (Lipinski definition) is 2. The van der Waals surface area contributed by atoms with Crippen molar-refractivity contribution < 1.29 is 5.11 Å². The number of aliphatic hydroxyl groups is 1. The van der Waals surface area contributed by atoms with Gasteiger partial charge in [0.2, 0.25) is 0 Å². The molecule has 21 heavy (non-hydrogen) atoms. The van der Waals surface area contributed by atoms with Gasteiger partial charge in [0.1, 0.15) is 0 Å². The Hall–Kier alpha value is -1.64. The van der Waals surface area contributed by atoms with Crippen LogP contribution in [0.4, 0.5) is 0 Å². The van der Waals surface area contributed by atoms with E-state index in [4.69, 9.17) is 5.73 Å². The summed E-state index contributed by atoms with van der Waals surface area (Å²) < 4.78 is 0. The molecule has 2 heteroatoms. The molecule has 0 radical (unpaired) electrons. The zero-order valence-electron chi connectivity index (χ0n) is 12.1. The summed E-state index contributed by atoms with van der Waals surface area (Å²) in [5.74, 6) is 0.394. The number of rotatable bonds is 3. The molecular weight excluding hydrogens is 258 g/mol. The Balaban J connectivity index is 1.63. The second-order valence-electron chi connectivity index (χ2n) is 6.46. The van der Waals surface area contributed by atoms with Gasteiger partial charge >= 0.3 is 0 Å². The molecule has 4 rings (SSSR count). The van der Waals surface area contributed by atoms with Crippen LogP contribution in [-0.4, -0.2) is 11.2 Å². The van der Waals surface area contributed by atoms with Crippen LogP contribution in [0.2, 0.25) is 0 Å². The molecule has 0 heterocycles. The standard InChI is InChI=1S/C19H21NO/c20-18(19(21)12-5-3-6-12)14-8-9-17-15(11-14)10-13-4-1-2-7-16(13)17/h1-2,4,7-9,11-12,18-19,21H,3,5-6,10,20H2/t18-,19+/m1/s1. The van der Waals surface area contributed by atoms with E-state index in [0.717, 1.165) is 24.8 Å². The Kier molecular flexibility index (Phi) is 3.09. The molecule has 2 nitrogen and oxygen atoms in total. The first-order chi connectivity index (χ1) is 10.2. The molecule has 108 valence electrons. The molecule has 0 aromatic heterocycles. The van der Waals surface area contributed by atoms with Crippen molar-refractivity contribution in [3.8, 4) is 11.1 Å². The highest BCUT2D eigenvalue weighted by atomic mass is 16.3. The Morgan fingerprint density at radius 2 is 1.76 bits per heavy atom. The molecule has 0 saturated heterocycles. The Morgan fingerprint density at radius 1 is 1.00 bits per heavy atom. The highest BCUT2D eigenvalue weighted by molar-refractivity contribution is 5.77. The van der Waals surface area contributed by atoms with Gasteiger partial charge in [-0.05, 0) is 53.0 Å². The zero-order valence-corrected chi connectivity index (χ0v) is 12.1. The summed E-state index contributed by atoms with van der Waals surface area (Å²) in [5.41, 5.74) is 12.8. The van der Waals surface area contributed by atoms with E-state index in [0.29, 0.717) is 5.92 Å². The van der Waals surface area contributed by atoms with Gasteiger partial charge in [0, 0.05) is 0 Å². The fourth-order valence-corrected chi connectivity index (χ4v) is 3.64. The van der Waals surface area contributed by atoms with E-state index < -0.39 is 6.10 Å². The molecule has 2 aromatic carbocycles. The highest BCUT2D eigenvalue weighted by Crippen LogP contribution is 2.39. The Morgan fingerprint density at radius 3 is 2.52 bits per heavy atom. The molecule has 0 unspecified atom stereocenters. The Bertz CT molecular complexity index is 675. The van der Waals surface area contributed by atoms with Gasteiger partial charge in [0.05, 0.1) is 12.1 Å². The van der Waals surface area contributed by atoms with Gasteiger partial charge in [-0.2, -0.15) is 0 Å². The van der Waals surface area contributed by atoms with Crippen LogP contribution in [0.25, 0.3) is 11.1 Å². The lowest BCUT2D eigenvalue weighted by atomic mass is 9.77. The van der Waals surface area contributed by atoms with Crippen molar-refractivity contribution in [2.75, 3.05) is 0 Å². The maximum absolute atomic E-state index is 10.4. The van der Waals surface area contributed by atoms with Crippen LogP contribution in [0.15, 0.2) is 42.5 Å². The smallest absolute Gasteiger partial charge is 0.0760 e. The molecule has 3 N–H and O–H groups in total. The fourth-order valence-electron chi connectivity index (χ4n) is 3.64. The molecule has 2 aliphatic rings. The van der Waals surface area contributed by atoms with E-state index in [1.165, 1.54) is 28.7 Å². The van der Waals surface area contributed by atoms with Crippen molar-refractivity contribution in [3.05, 3.63) is 59.2 Å². The second-order valence-corrected chi connectivity index (χ2v) is 6.46. The molecular formula is C19H21NO. The number of aliphatic hydroxyl groups excluding tert-OH is 1. The normalized spacial score (nSPS) is 19.5. The lowest BCUT2D eigenvalue weighted by Gasteiger charge is -2.34. The summed E-state index contributed by atoms with van der Waals surface area (Å²) in [6, 6.07) is 14.8. The minimum absolute atomic E-state index is 0.260. The van der Waals surface area contributed by atoms with Crippen molar-refractivity contribution >= 4 is 0 Å². The van der Waals surface area contributed by atoms with Crippen LogP contribution >= 0.6 is 0 Å². The molecule has 0 bridgehead atoms. The lowest BCUT2D eigenvalue weighted by molar-refractivity contribution is 0.0413. The van der Waals surface area contributed by atoms with Gasteiger partial charge in [-0.3, -0.25) is 0 Å². The SMILES string of the molecule is N[C@H](c1ccc2c(c1)Cc1ccccc1-2)[C@@H](O)C1CCC1. The quantitative estimate of drug-likeness (QED) is 0.771. The molecule has 0 aliphatic heterocycles. The topological polar surface area (TPSA) is 46.2 Å². The van der Waals surface area contributed by atoms with Crippen LogP contribution < -0.4 is 5.73 Å². The van der Waals surface area contributed by atoms with Crippen LogP contribution in [-0.2, 0) is 6.42 Å². The van der Waals surface area contributed by atoms with Crippen LogP contribution in [0.5, 0.6) is 0 Å². The average molecular weight is 279 g/mol. The third-order valence-electron chi connectivity index (χ3n) is 5.20. The van der Waals surface area contributed by atoms with Crippen molar-refractivity contribution in [3.63, 3.8) is 0 Å². The minimum Gasteiger partial charge on any atom is -0.391 e. The molecule has 1 fully saturated rings. The fraction of sp³-hybridized carbons (Fsp3) is 0.368. The molecule has 2 aromatic rings. The number of fused-ring (bicyclic) bond motifs is 3. The average Bonchev–Trinajstić information content (AvgIpc) is 2.82. The third-order valence-corrected chi connectivity index (χ3v) is 5.20. The summed E-state index contributed by atoms with van der Waals surface area (Å²) in [6.45, 7) is 0. The van der Waals surface area contributed by atoms with E-state index in [1.807, 2.05) is 0 Å². The van der Waals surface area contributed by atoms with Gasteiger partial charge in [-0.1, -0.05) is 48.9 Å². The summed E-state index contributed by atoms with van der Waals surface area (Å²) in [7, 11) is 0. The van der Waals surface area contributed by atoms with E-state index in [-0.39, 0.29) is 6.04 Å². The van der Waals surface area contributed by atoms with Gasteiger partial charge in [0.15, 0.2) is 0 Å². The molecule has 2 aliphatic carbocycles. The van der Waals surface area contributed by atoms with Gasteiger partial charge in [-0.25, -0.2) is 0 Å². The summed E-state index contributed by atoms with van der Waals surface area (Å²) in [5, 5.41) is 10.4. The largest absolute Gasteiger partial charge is 0.391 e.